The van der Waals surface area contributed by atoms with Gasteiger partial charge in [-0.1, -0.05) is 26.0 Å². The van der Waals surface area contributed by atoms with Gasteiger partial charge in [0.15, 0.2) is 0 Å². The maximum Gasteiger partial charge on any atom is 0.325 e. The van der Waals surface area contributed by atoms with Crippen molar-refractivity contribution in [3.05, 3.63) is 29.8 Å². The van der Waals surface area contributed by atoms with Gasteiger partial charge in [-0.15, -0.1) is 0 Å². The highest BCUT2D eigenvalue weighted by Crippen LogP contribution is 2.37. The Bertz CT molecular complexity index is 800. The Kier molecular flexibility index (Phi) is 4.81. The van der Waals surface area contributed by atoms with Crippen LogP contribution in [0.3, 0.4) is 0 Å². The van der Waals surface area contributed by atoms with Crippen LogP contribution < -0.4 is 10.6 Å². The van der Waals surface area contributed by atoms with Gasteiger partial charge >= 0.3 is 12.1 Å². The van der Waals surface area contributed by atoms with Crippen molar-refractivity contribution in [3.8, 4) is 0 Å². The molecule has 7 nitrogen and oxygen atoms in total. The van der Waals surface area contributed by atoms with Crippen molar-refractivity contribution in [1.29, 1.82) is 0 Å². The predicted octanol–water partition coefficient (Wildman–Crippen LogP) is 2.84. The molecule has 0 radical (unpaired) electrons. The number of rotatable bonds is 2. The molecular weight excluding hydrogens is 370 g/mol. The second kappa shape index (κ2) is 6.72. The second-order valence-corrected chi connectivity index (χ2v) is 7.81. The Hall–Kier alpha value is -2.71. The molecule has 152 valence electrons. The van der Waals surface area contributed by atoms with Crippen LogP contribution in [-0.2, 0) is 10.3 Å². The molecule has 2 heterocycles. The minimum atomic E-state index is -2.79. The van der Waals surface area contributed by atoms with E-state index >= 15 is 0 Å². The van der Waals surface area contributed by atoms with Crippen molar-refractivity contribution in [2.24, 2.45) is 11.8 Å². The maximum atomic E-state index is 14.0. The fourth-order valence-electron chi connectivity index (χ4n) is 3.69. The van der Waals surface area contributed by atoms with Crippen molar-refractivity contribution in [1.82, 2.24) is 15.1 Å². The molecule has 3 atom stereocenters. The first kappa shape index (κ1) is 20.0. The number of hydrogen-bond donors (Lipinski definition) is 2. The van der Waals surface area contributed by atoms with Crippen molar-refractivity contribution >= 4 is 23.7 Å². The first-order valence-electron chi connectivity index (χ1n) is 9.11. The summed E-state index contributed by atoms with van der Waals surface area (Å²) in [5.74, 6) is -5.00. The number of hydrogen-bond acceptors (Lipinski definition) is 3. The minimum Gasteiger partial charge on any atom is -0.324 e. The van der Waals surface area contributed by atoms with E-state index in [0.29, 0.717) is 11.3 Å². The molecule has 2 fully saturated rings. The van der Waals surface area contributed by atoms with Crippen LogP contribution in [0.5, 0.6) is 0 Å². The van der Waals surface area contributed by atoms with E-state index in [1.165, 1.54) is 25.8 Å². The zero-order valence-electron chi connectivity index (χ0n) is 16.3. The third-order valence-electron chi connectivity index (χ3n) is 5.70. The number of nitrogens with zero attached hydrogens (tertiary/aromatic N) is 2. The Labute approximate surface area is 162 Å². The fourth-order valence-corrected chi connectivity index (χ4v) is 3.69. The number of imide groups is 1. The van der Waals surface area contributed by atoms with E-state index in [4.69, 9.17) is 0 Å². The highest BCUT2D eigenvalue weighted by molar-refractivity contribution is 6.07. The summed E-state index contributed by atoms with van der Waals surface area (Å²) in [4.78, 5) is 38.9. The first-order valence-corrected chi connectivity index (χ1v) is 9.11. The second-order valence-electron chi connectivity index (χ2n) is 7.81. The molecule has 0 aromatic heterocycles. The molecule has 5 amide bonds. The molecule has 3 rings (SSSR count). The number of halogens is 2. The van der Waals surface area contributed by atoms with Gasteiger partial charge in [0.05, 0.1) is 0 Å². The molecule has 2 aliphatic rings. The zero-order chi connectivity index (χ0) is 20.9. The minimum absolute atomic E-state index is 0.0216. The third-order valence-corrected chi connectivity index (χ3v) is 5.70. The van der Waals surface area contributed by atoms with Gasteiger partial charge in [-0.05, 0) is 24.6 Å². The predicted molar refractivity (Wildman–Crippen MR) is 99.0 cm³/mol. The summed E-state index contributed by atoms with van der Waals surface area (Å²) >= 11 is 0. The summed E-state index contributed by atoms with van der Waals surface area (Å²) in [5.41, 5.74) is -0.120. The lowest BCUT2D eigenvalue weighted by Gasteiger charge is -2.41. The number of piperidine rings is 1. The number of nitrogens with one attached hydrogen (secondary N) is 2. The molecule has 0 saturated carbocycles. The smallest absolute Gasteiger partial charge is 0.324 e. The number of alkyl halides is 2. The van der Waals surface area contributed by atoms with Crippen molar-refractivity contribution in [3.63, 3.8) is 0 Å². The normalized spacial score (nSPS) is 29.6. The molecule has 9 heteroatoms. The number of likely N-dealkylation sites (N-methyl/N-ethyl adjacent to an activating group) is 1. The van der Waals surface area contributed by atoms with Gasteiger partial charge in [-0.25, -0.2) is 18.4 Å². The van der Waals surface area contributed by atoms with E-state index in [1.54, 1.807) is 31.2 Å². The summed E-state index contributed by atoms with van der Waals surface area (Å²) in [5, 5.41) is 5.34. The summed E-state index contributed by atoms with van der Waals surface area (Å²) in [6, 6.07) is 5.59. The Morgan fingerprint density at radius 3 is 2.14 bits per heavy atom. The van der Waals surface area contributed by atoms with Gasteiger partial charge in [-0.3, -0.25) is 9.69 Å². The lowest BCUT2D eigenvalue weighted by molar-refractivity contribution is -0.130. The molecule has 2 aliphatic heterocycles. The lowest BCUT2D eigenvalue weighted by atomic mass is 9.87. The van der Waals surface area contributed by atoms with E-state index in [0.717, 1.165) is 4.90 Å². The van der Waals surface area contributed by atoms with Crippen molar-refractivity contribution < 1.29 is 23.2 Å². The van der Waals surface area contributed by atoms with Crippen LogP contribution in [-0.4, -0.2) is 53.8 Å². The van der Waals surface area contributed by atoms with Crippen LogP contribution in [0, 0.1) is 11.8 Å². The molecular formula is C19H24F2N4O3. The fraction of sp³-hybridized carbons (Fsp3) is 0.526. The van der Waals surface area contributed by atoms with Crippen LogP contribution in [0.1, 0.15) is 26.3 Å². The number of anilines is 1. The molecule has 2 N–H and O–H groups in total. The maximum absolute atomic E-state index is 14.0. The summed E-state index contributed by atoms with van der Waals surface area (Å²) in [6.07, 6.45) is 0. The topological polar surface area (TPSA) is 81.8 Å². The van der Waals surface area contributed by atoms with Crippen LogP contribution in [0.25, 0.3) is 0 Å². The largest absolute Gasteiger partial charge is 0.325 e. The Balaban J connectivity index is 1.69. The number of urea groups is 2. The zero-order valence-corrected chi connectivity index (χ0v) is 16.3. The van der Waals surface area contributed by atoms with E-state index in [-0.39, 0.29) is 19.0 Å². The molecule has 3 unspecified atom stereocenters. The summed E-state index contributed by atoms with van der Waals surface area (Å²) in [6.45, 7) is 4.45. The molecule has 28 heavy (non-hydrogen) atoms. The van der Waals surface area contributed by atoms with E-state index in [2.05, 4.69) is 10.6 Å². The van der Waals surface area contributed by atoms with Gasteiger partial charge in [-0.2, -0.15) is 0 Å². The molecule has 1 aromatic carbocycles. The monoisotopic (exact) mass is 394 g/mol. The van der Waals surface area contributed by atoms with Crippen molar-refractivity contribution in [2.45, 2.75) is 32.2 Å². The van der Waals surface area contributed by atoms with Crippen LogP contribution in [0.15, 0.2) is 24.3 Å². The van der Waals surface area contributed by atoms with Gasteiger partial charge in [0.1, 0.15) is 5.54 Å². The SMILES string of the molecule is CC1CN(C(=O)Nc2ccc(C3(C)NC(=O)N(C)C3=O)cc2)CC(C)C1(F)F. The number of carbonyl (C=O) groups is 3. The average molecular weight is 394 g/mol. The molecule has 1 aromatic rings. The number of amides is 5. The molecule has 0 bridgehead atoms. The molecule has 0 aliphatic carbocycles. The highest BCUT2D eigenvalue weighted by atomic mass is 19.3. The van der Waals surface area contributed by atoms with Crippen LogP contribution in [0.2, 0.25) is 0 Å². The number of likely N-dealkylation sites (tertiary alicyclic amines) is 1. The summed E-state index contributed by atoms with van der Waals surface area (Å²) < 4.78 is 27.9. The first-order chi connectivity index (χ1) is 13.0. The Morgan fingerprint density at radius 1 is 1.14 bits per heavy atom. The summed E-state index contributed by atoms with van der Waals surface area (Å²) in [7, 11) is 1.40. The quantitative estimate of drug-likeness (QED) is 0.757. The van der Waals surface area contributed by atoms with Gasteiger partial charge in [0.2, 0.25) is 0 Å². The number of benzene rings is 1. The van der Waals surface area contributed by atoms with Crippen molar-refractivity contribution in [2.75, 3.05) is 25.5 Å². The van der Waals surface area contributed by atoms with E-state index in [1.807, 2.05) is 0 Å². The van der Waals surface area contributed by atoms with Crippen LogP contribution in [0.4, 0.5) is 24.1 Å². The molecule has 2 saturated heterocycles. The van der Waals surface area contributed by atoms with E-state index < -0.39 is 35.4 Å². The van der Waals surface area contributed by atoms with Gasteiger partial charge in [0.25, 0.3) is 11.8 Å². The average Bonchev–Trinajstić information content (AvgIpc) is 2.84. The van der Waals surface area contributed by atoms with Gasteiger partial charge < -0.3 is 15.5 Å². The number of carbonyl (C=O) groups excluding carboxylic acids is 3. The Morgan fingerprint density at radius 2 is 1.68 bits per heavy atom. The molecule has 0 spiro atoms. The van der Waals surface area contributed by atoms with E-state index in [9.17, 15) is 23.2 Å². The standard InChI is InChI=1S/C19H24F2N4O3/c1-11-9-25(10-12(2)19(11,20)21)16(27)22-14-7-5-13(6-8-14)18(3)15(26)24(4)17(28)23-18/h5-8,11-12H,9-10H2,1-4H3,(H,22,27)(H,23,28). The van der Waals surface area contributed by atoms with Crippen LogP contribution >= 0.6 is 0 Å². The van der Waals surface area contributed by atoms with Gasteiger partial charge in [0, 0.05) is 37.7 Å². The highest BCUT2D eigenvalue weighted by Gasteiger charge is 2.48. The third kappa shape index (κ3) is 3.18. The lowest BCUT2D eigenvalue weighted by Crippen LogP contribution is -2.54.